The highest BCUT2D eigenvalue weighted by atomic mass is 35.5. The third-order valence-corrected chi connectivity index (χ3v) is 2.95. The number of carbonyl (C=O) groups excluding carboxylic acids is 1. The molecule has 19 heavy (non-hydrogen) atoms. The van der Waals surface area contributed by atoms with E-state index < -0.39 is 4.92 Å². The lowest BCUT2D eigenvalue weighted by atomic mass is 10.0. The maximum atomic E-state index is 12.1. The van der Waals surface area contributed by atoms with Crippen LogP contribution in [-0.2, 0) is 6.42 Å². The minimum Gasteiger partial charge on any atom is -0.294 e. The Labute approximate surface area is 114 Å². The average molecular weight is 277 g/mol. The van der Waals surface area contributed by atoms with E-state index in [-0.39, 0.29) is 23.5 Å². The number of para-hydroxylation sites is 1. The van der Waals surface area contributed by atoms with Crippen molar-refractivity contribution in [1.82, 2.24) is 4.98 Å². The number of benzene rings is 1. The lowest BCUT2D eigenvalue weighted by molar-refractivity contribution is -0.385. The first-order valence-electron chi connectivity index (χ1n) is 5.44. The van der Waals surface area contributed by atoms with Gasteiger partial charge in [-0.1, -0.05) is 23.7 Å². The topological polar surface area (TPSA) is 73.1 Å². The van der Waals surface area contributed by atoms with Crippen LogP contribution in [0.5, 0.6) is 0 Å². The van der Waals surface area contributed by atoms with E-state index in [4.69, 9.17) is 11.6 Å². The molecule has 0 bridgehead atoms. The molecule has 1 aromatic carbocycles. The molecule has 0 spiro atoms. The summed E-state index contributed by atoms with van der Waals surface area (Å²) in [6.45, 7) is 0. The lowest BCUT2D eigenvalue weighted by Gasteiger charge is -2.04. The summed E-state index contributed by atoms with van der Waals surface area (Å²) in [5.74, 6) is -0.347. The zero-order chi connectivity index (χ0) is 13.8. The van der Waals surface area contributed by atoms with Gasteiger partial charge in [0.15, 0.2) is 5.78 Å². The van der Waals surface area contributed by atoms with Gasteiger partial charge in [0.25, 0.3) is 5.69 Å². The second-order valence-corrected chi connectivity index (χ2v) is 4.25. The molecule has 0 aliphatic heterocycles. The van der Waals surface area contributed by atoms with Crippen molar-refractivity contribution in [1.29, 1.82) is 0 Å². The van der Waals surface area contributed by atoms with Gasteiger partial charge < -0.3 is 0 Å². The zero-order valence-electron chi connectivity index (χ0n) is 9.75. The van der Waals surface area contributed by atoms with Crippen molar-refractivity contribution < 1.29 is 9.72 Å². The fourth-order valence-corrected chi connectivity index (χ4v) is 1.87. The molecule has 1 heterocycles. The van der Waals surface area contributed by atoms with Crippen LogP contribution in [0.15, 0.2) is 42.7 Å². The summed E-state index contributed by atoms with van der Waals surface area (Å²) in [6.07, 6.45) is 2.96. The van der Waals surface area contributed by atoms with Crippen LogP contribution in [-0.4, -0.2) is 15.7 Å². The smallest absolute Gasteiger partial charge is 0.280 e. The second-order valence-electron chi connectivity index (χ2n) is 3.84. The molecule has 0 radical (unpaired) electrons. The van der Waals surface area contributed by atoms with E-state index in [9.17, 15) is 14.9 Å². The van der Waals surface area contributed by atoms with Crippen molar-refractivity contribution >= 4 is 23.1 Å². The third-order valence-electron chi connectivity index (χ3n) is 2.61. The Bertz CT molecular complexity index is 643. The van der Waals surface area contributed by atoms with Gasteiger partial charge in [0, 0.05) is 24.9 Å². The van der Waals surface area contributed by atoms with Crippen LogP contribution in [0.4, 0.5) is 5.69 Å². The number of hydrogen-bond acceptors (Lipinski definition) is 4. The maximum absolute atomic E-state index is 12.1. The molecule has 2 rings (SSSR count). The van der Waals surface area contributed by atoms with E-state index in [1.165, 1.54) is 30.6 Å². The van der Waals surface area contributed by atoms with Crippen LogP contribution in [0, 0.1) is 10.1 Å². The molecular formula is C13H9ClN2O3. The van der Waals surface area contributed by atoms with Crippen LogP contribution in [0.3, 0.4) is 0 Å². The van der Waals surface area contributed by atoms with E-state index in [0.717, 1.165) is 0 Å². The highest BCUT2D eigenvalue weighted by Crippen LogP contribution is 2.21. The normalized spacial score (nSPS) is 10.2. The number of nitro groups is 1. The van der Waals surface area contributed by atoms with Crippen LogP contribution in [0.25, 0.3) is 0 Å². The van der Waals surface area contributed by atoms with E-state index in [1.54, 1.807) is 12.1 Å². The van der Waals surface area contributed by atoms with Crippen molar-refractivity contribution in [2.24, 2.45) is 0 Å². The molecule has 0 N–H and O–H groups in total. The second kappa shape index (κ2) is 5.58. The van der Waals surface area contributed by atoms with Gasteiger partial charge in [0.2, 0.25) is 0 Å². The van der Waals surface area contributed by atoms with E-state index in [0.29, 0.717) is 10.6 Å². The first-order chi connectivity index (χ1) is 9.09. The number of nitro benzene ring substituents is 1. The maximum Gasteiger partial charge on any atom is 0.280 e. The summed E-state index contributed by atoms with van der Waals surface area (Å²) in [5, 5.41) is 11.2. The standard InChI is InChI=1S/C13H9ClN2O3/c14-11-8-15-6-5-9(11)7-13(17)10-3-1-2-4-12(10)16(18)19/h1-6,8H,7H2. The molecule has 5 nitrogen and oxygen atoms in total. The van der Waals surface area contributed by atoms with E-state index >= 15 is 0 Å². The Kier molecular flexibility index (Phi) is 3.87. The highest BCUT2D eigenvalue weighted by Gasteiger charge is 2.19. The summed E-state index contributed by atoms with van der Waals surface area (Å²) in [5.41, 5.74) is 0.484. The van der Waals surface area contributed by atoms with Gasteiger partial charge in [0.1, 0.15) is 0 Å². The van der Waals surface area contributed by atoms with Crippen molar-refractivity contribution in [2.45, 2.75) is 6.42 Å². The summed E-state index contributed by atoms with van der Waals surface area (Å²) < 4.78 is 0. The minimum atomic E-state index is -0.568. The first kappa shape index (κ1) is 13.2. The van der Waals surface area contributed by atoms with E-state index in [2.05, 4.69) is 4.98 Å². The summed E-state index contributed by atoms with van der Waals surface area (Å²) >= 11 is 5.91. The number of hydrogen-bond donors (Lipinski definition) is 0. The monoisotopic (exact) mass is 276 g/mol. The third kappa shape index (κ3) is 2.95. The Morgan fingerprint density at radius 2 is 2.05 bits per heavy atom. The van der Waals surface area contributed by atoms with Crippen LogP contribution in [0.1, 0.15) is 15.9 Å². The van der Waals surface area contributed by atoms with Gasteiger partial charge >= 0.3 is 0 Å². The first-order valence-corrected chi connectivity index (χ1v) is 5.82. The number of aromatic nitrogens is 1. The van der Waals surface area contributed by atoms with Crippen molar-refractivity contribution in [2.75, 3.05) is 0 Å². The van der Waals surface area contributed by atoms with Crippen LogP contribution in [0.2, 0.25) is 5.02 Å². The Morgan fingerprint density at radius 3 is 2.74 bits per heavy atom. The summed E-state index contributed by atoms with van der Waals surface area (Å²) in [4.78, 5) is 26.2. The number of carbonyl (C=O) groups is 1. The molecule has 96 valence electrons. The number of rotatable bonds is 4. The van der Waals surface area contributed by atoms with Gasteiger partial charge in [-0.3, -0.25) is 19.9 Å². The summed E-state index contributed by atoms with van der Waals surface area (Å²) in [7, 11) is 0. The number of ketones is 1. The molecule has 1 aromatic heterocycles. The van der Waals surface area contributed by atoms with Crippen molar-refractivity contribution in [3.63, 3.8) is 0 Å². The highest BCUT2D eigenvalue weighted by molar-refractivity contribution is 6.31. The van der Waals surface area contributed by atoms with Crippen LogP contribution < -0.4 is 0 Å². The molecule has 0 atom stereocenters. The summed E-state index contributed by atoms with van der Waals surface area (Å²) in [6, 6.07) is 7.48. The quantitative estimate of drug-likeness (QED) is 0.489. The molecule has 0 amide bonds. The van der Waals surface area contributed by atoms with Crippen LogP contribution >= 0.6 is 11.6 Å². The van der Waals surface area contributed by atoms with Crippen molar-refractivity contribution in [3.05, 3.63) is 69.0 Å². The number of Topliss-reactive ketones (excluding diaryl/α,β-unsaturated/α-hetero) is 1. The molecule has 0 saturated heterocycles. The Balaban J connectivity index is 2.31. The number of pyridine rings is 1. The van der Waals surface area contributed by atoms with Crippen molar-refractivity contribution in [3.8, 4) is 0 Å². The predicted molar refractivity (Wildman–Crippen MR) is 70.4 cm³/mol. The molecular weight excluding hydrogens is 268 g/mol. The molecule has 6 heteroatoms. The lowest BCUT2D eigenvalue weighted by Crippen LogP contribution is -2.07. The molecule has 0 saturated carbocycles. The number of halogens is 1. The SMILES string of the molecule is O=C(Cc1ccncc1Cl)c1ccccc1[N+](=O)[O-]. The zero-order valence-corrected chi connectivity index (χ0v) is 10.5. The average Bonchev–Trinajstić information content (AvgIpc) is 2.41. The molecule has 0 aliphatic rings. The predicted octanol–water partition coefficient (Wildman–Crippen LogP) is 3.07. The molecule has 0 fully saturated rings. The minimum absolute atomic E-state index is 0.00616. The molecule has 0 aliphatic carbocycles. The number of nitrogens with zero attached hydrogens (tertiary/aromatic N) is 2. The van der Waals surface area contributed by atoms with Gasteiger partial charge in [0.05, 0.1) is 15.5 Å². The van der Waals surface area contributed by atoms with Gasteiger partial charge in [-0.05, 0) is 17.7 Å². The molecule has 2 aromatic rings. The van der Waals surface area contributed by atoms with Gasteiger partial charge in [-0.25, -0.2) is 0 Å². The fourth-order valence-electron chi connectivity index (χ4n) is 1.68. The fraction of sp³-hybridized carbons (Fsp3) is 0.0769. The van der Waals surface area contributed by atoms with Gasteiger partial charge in [-0.15, -0.1) is 0 Å². The van der Waals surface area contributed by atoms with E-state index in [1.807, 2.05) is 0 Å². The molecule has 0 unspecified atom stereocenters. The Morgan fingerprint density at radius 1 is 1.32 bits per heavy atom. The largest absolute Gasteiger partial charge is 0.294 e. The van der Waals surface area contributed by atoms with Gasteiger partial charge in [-0.2, -0.15) is 0 Å². The Hall–Kier alpha value is -2.27.